The van der Waals surface area contributed by atoms with E-state index in [-0.39, 0.29) is 30.3 Å². The molecule has 2 aromatic carbocycles. The molecule has 1 aliphatic carbocycles. The Morgan fingerprint density at radius 3 is 2.10 bits per heavy atom. The maximum Gasteiger partial charge on any atom is 0.411 e. The third kappa shape index (κ3) is 6.51. The predicted molar refractivity (Wildman–Crippen MR) is 187 cm³/mol. The molecule has 9 nitrogen and oxygen atoms in total. The lowest BCUT2D eigenvalue weighted by Gasteiger charge is -2.36. The maximum absolute atomic E-state index is 13.2. The third-order valence-electron chi connectivity index (χ3n) is 9.87. The molecule has 4 aliphatic rings. The molecule has 0 radical (unpaired) electrons. The molecule has 3 fully saturated rings. The molecule has 0 unspecified atom stereocenters. The Labute approximate surface area is 283 Å². The number of ether oxygens (including phenoxy) is 2. The van der Waals surface area contributed by atoms with Crippen molar-refractivity contribution in [3.63, 3.8) is 0 Å². The minimum absolute atomic E-state index is 0.0261. The summed E-state index contributed by atoms with van der Waals surface area (Å²) in [5.41, 5.74) is 6.59. The lowest BCUT2D eigenvalue weighted by Crippen LogP contribution is -2.50. The summed E-state index contributed by atoms with van der Waals surface area (Å²) >= 11 is 0. The maximum atomic E-state index is 13.2. The fourth-order valence-electron chi connectivity index (χ4n) is 7.76. The lowest BCUT2D eigenvalue weighted by atomic mass is 9.90. The van der Waals surface area contributed by atoms with Gasteiger partial charge in [0, 0.05) is 30.9 Å². The van der Waals surface area contributed by atoms with Gasteiger partial charge in [0.15, 0.2) is 0 Å². The summed E-state index contributed by atoms with van der Waals surface area (Å²) in [6.45, 7) is 12.1. The summed E-state index contributed by atoms with van der Waals surface area (Å²) in [5.74, 6) is 1.25. The molecule has 1 N–H and O–H groups in total. The van der Waals surface area contributed by atoms with Gasteiger partial charge in [-0.3, -0.25) is 14.8 Å². The second-order valence-corrected chi connectivity index (χ2v) is 15.7. The molecule has 3 aliphatic heterocycles. The molecule has 252 valence electrons. The number of piperidine rings is 1. The van der Waals surface area contributed by atoms with Crippen molar-refractivity contribution >= 4 is 23.5 Å². The van der Waals surface area contributed by atoms with Crippen molar-refractivity contribution in [2.75, 3.05) is 6.54 Å². The van der Waals surface area contributed by atoms with E-state index in [9.17, 15) is 9.59 Å². The zero-order chi connectivity index (χ0) is 33.8. The molecule has 4 atom stereocenters. The number of fused-ring (bicyclic) bond motifs is 2. The highest BCUT2D eigenvalue weighted by Gasteiger charge is 2.51. The van der Waals surface area contributed by atoms with Crippen molar-refractivity contribution in [3.05, 3.63) is 72.3 Å². The molecule has 3 aromatic rings. The van der Waals surface area contributed by atoms with Crippen molar-refractivity contribution in [2.45, 2.75) is 109 Å². The van der Waals surface area contributed by atoms with E-state index in [4.69, 9.17) is 14.5 Å². The Balaban J connectivity index is 0.988. The number of rotatable bonds is 5. The highest BCUT2D eigenvalue weighted by atomic mass is 16.6. The number of amides is 2. The quantitative estimate of drug-likeness (QED) is 0.298. The fraction of sp³-hybridized carbons (Fsp3) is 0.487. The number of aliphatic imine (C=N–C) groups is 1. The number of H-pyrrole nitrogens is 1. The van der Waals surface area contributed by atoms with Gasteiger partial charge in [-0.05, 0) is 107 Å². The van der Waals surface area contributed by atoms with Gasteiger partial charge in [0.2, 0.25) is 0 Å². The van der Waals surface area contributed by atoms with Crippen LogP contribution in [0.5, 0.6) is 0 Å². The van der Waals surface area contributed by atoms with Crippen LogP contribution in [0.15, 0.2) is 65.9 Å². The van der Waals surface area contributed by atoms with Crippen LogP contribution in [0.3, 0.4) is 0 Å². The molecule has 1 aromatic heterocycles. The van der Waals surface area contributed by atoms with Crippen LogP contribution in [0.4, 0.5) is 9.59 Å². The van der Waals surface area contributed by atoms with Crippen LogP contribution in [-0.2, 0) is 9.47 Å². The van der Waals surface area contributed by atoms with Crippen molar-refractivity contribution in [3.8, 4) is 22.4 Å². The van der Waals surface area contributed by atoms with Gasteiger partial charge in [-0.25, -0.2) is 14.6 Å². The van der Waals surface area contributed by atoms with Crippen LogP contribution >= 0.6 is 0 Å². The normalized spacial score (nSPS) is 23.8. The number of benzene rings is 2. The molecule has 2 saturated heterocycles. The summed E-state index contributed by atoms with van der Waals surface area (Å²) in [4.78, 5) is 42.7. The largest absolute Gasteiger partial charge is 0.444 e. The van der Waals surface area contributed by atoms with E-state index in [0.29, 0.717) is 12.5 Å². The smallest absolute Gasteiger partial charge is 0.411 e. The number of nitrogens with zero attached hydrogens (tertiary/aromatic N) is 4. The average molecular weight is 650 g/mol. The molecule has 4 heterocycles. The number of carbonyl (C=O) groups is 2. The van der Waals surface area contributed by atoms with Gasteiger partial charge >= 0.3 is 12.2 Å². The fourth-order valence-corrected chi connectivity index (χ4v) is 7.76. The average Bonchev–Trinajstić information content (AvgIpc) is 3.87. The van der Waals surface area contributed by atoms with E-state index < -0.39 is 11.2 Å². The molecule has 7 rings (SSSR count). The monoisotopic (exact) mass is 649 g/mol. The second-order valence-electron chi connectivity index (χ2n) is 15.7. The first-order valence-corrected chi connectivity index (χ1v) is 17.4. The van der Waals surface area contributed by atoms with Gasteiger partial charge < -0.3 is 14.5 Å². The first-order chi connectivity index (χ1) is 22.8. The highest BCUT2D eigenvalue weighted by Crippen LogP contribution is 2.45. The summed E-state index contributed by atoms with van der Waals surface area (Å²) in [5, 5.41) is 0. The molecular weight excluding hydrogens is 602 g/mol. The van der Waals surface area contributed by atoms with Crippen LogP contribution in [-0.4, -0.2) is 67.5 Å². The second kappa shape index (κ2) is 12.2. The lowest BCUT2D eigenvalue weighted by molar-refractivity contribution is 0.0141. The zero-order valence-electron chi connectivity index (χ0n) is 29.0. The summed E-state index contributed by atoms with van der Waals surface area (Å²) in [6.07, 6.45) is 9.10. The SMILES string of the molecule is CC(C)(C)OC(=O)N1CCC[C@H]1c1ncc(-c2ccc(-c3ccc(C4=CN=C([C@@H]5[C@@H]6CC[C@@H](C6)N5C(=O)OC(C)(C)C)C4)cc3)cc2)[nH]1. The summed E-state index contributed by atoms with van der Waals surface area (Å²) in [6, 6.07) is 17.3. The van der Waals surface area contributed by atoms with Crippen LogP contribution in [0.25, 0.3) is 28.0 Å². The number of hydrogen-bond acceptors (Lipinski definition) is 6. The van der Waals surface area contributed by atoms with Crippen molar-refractivity contribution < 1.29 is 19.1 Å². The highest BCUT2D eigenvalue weighted by molar-refractivity contribution is 6.03. The molecule has 2 bridgehead atoms. The Morgan fingerprint density at radius 2 is 1.44 bits per heavy atom. The molecule has 0 spiro atoms. The Bertz CT molecular complexity index is 1740. The number of imidazole rings is 1. The van der Waals surface area contributed by atoms with Crippen molar-refractivity contribution in [1.29, 1.82) is 0 Å². The Hall–Kier alpha value is -4.40. The van der Waals surface area contributed by atoms with Crippen molar-refractivity contribution in [1.82, 2.24) is 19.8 Å². The summed E-state index contributed by atoms with van der Waals surface area (Å²) in [7, 11) is 0. The van der Waals surface area contributed by atoms with Crippen LogP contribution in [0.2, 0.25) is 0 Å². The van der Waals surface area contributed by atoms with E-state index in [1.54, 1.807) is 4.90 Å². The van der Waals surface area contributed by atoms with E-state index in [0.717, 1.165) is 78.0 Å². The standard InChI is InChI=1S/C39H47N5O4/c1-38(2,3)47-36(45)43-19-7-8-33(43)35-41-23-32(42-35)27-15-13-25(14-16-27)24-9-11-26(12-10-24)29-21-31(40-22-29)34-28-17-18-30(20-28)44(34)37(46)48-39(4,5)6/h9-16,22-23,28,30,33-34H,7-8,17-21H2,1-6H3,(H,41,42)/t28-,30+,33+,34+/m1/s1. The zero-order valence-corrected chi connectivity index (χ0v) is 29.0. The van der Waals surface area contributed by atoms with E-state index in [1.165, 1.54) is 5.57 Å². The van der Waals surface area contributed by atoms with Crippen LogP contribution in [0, 0.1) is 5.92 Å². The van der Waals surface area contributed by atoms with E-state index in [2.05, 4.69) is 58.5 Å². The Kier molecular flexibility index (Phi) is 8.20. The van der Waals surface area contributed by atoms with Crippen LogP contribution in [0.1, 0.15) is 97.5 Å². The van der Waals surface area contributed by atoms with Gasteiger partial charge in [0.25, 0.3) is 0 Å². The number of carbonyl (C=O) groups excluding carboxylic acids is 2. The van der Waals surface area contributed by atoms with Crippen molar-refractivity contribution in [2.24, 2.45) is 10.9 Å². The molecule has 2 amide bonds. The van der Waals surface area contributed by atoms with E-state index >= 15 is 0 Å². The molecule has 9 heteroatoms. The number of hydrogen-bond donors (Lipinski definition) is 1. The molecule has 48 heavy (non-hydrogen) atoms. The number of aromatic nitrogens is 2. The van der Waals surface area contributed by atoms with Gasteiger partial charge in [-0.1, -0.05) is 48.5 Å². The van der Waals surface area contributed by atoms with Gasteiger partial charge in [-0.2, -0.15) is 0 Å². The van der Waals surface area contributed by atoms with Gasteiger partial charge in [-0.15, -0.1) is 0 Å². The summed E-state index contributed by atoms with van der Waals surface area (Å²) < 4.78 is 11.4. The first-order valence-electron chi connectivity index (χ1n) is 17.4. The minimum atomic E-state index is -0.534. The van der Waals surface area contributed by atoms with Gasteiger partial charge in [0.1, 0.15) is 17.0 Å². The third-order valence-corrected chi connectivity index (χ3v) is 9.87. The number of nitrogens with one attached hydrogen (secondary N) is 1. The number of aromatic amines is 1. The Morgan fingerprint density at radius 1 is 0.812 bits per heavy atom. The first kappa shape index (κ1) is 32.2. The molecular formula is C39H47N5O4. The number of likely N-dealkylation sites (tertiary alicyclic amines) is 2. The predicted octanol–water partition coefficient (Wildman–Crippen LogP) is 8.79. The van der Waals surface area contributed by atoms with E-state index in [1.807, 2.05) is 58.8 Å². The van der Waals surface area contributed by atoms with Crippen LogP contribution < -0.4 is 0 Å². The minimum Gasteiger partial charge on any atom is -0.444 e. The number of allylic oxidation sites excluding steroid dienone is 1. The molecule has 1 saturated carbocycles. The topological polar surface area (TPSA) is 100 Å². The van der Waals surface area contributed by atoms with Gasteiger partial charge in [0.05, 0.1) is 24.0 Å².